The zero-order chi connectivity index (χ0) is 16.4. The van der Waals surface area contributed by atoms with Crippen LogP contribution in [0.2, 0.25) is 0 Å². The monoisotopic (exact) mass is 314 g/mol. The second-order valence-electron chi connectivity index (χ2n) is 6.57. The molecule has 0 bridgehead atoms. The molecule has 0 nitrogen and oxygen atoms in total. The van der Waals surface area contributed by atoms with E-state index in [0.29, 0.717) is 17.5 Å². The van der Waals surface area contributed by atoms with Crippen LogP contribution in [0, 0.1) is 11.6 Å². The van der Waals surface area contributed by atoms with E-state index in [-0.39, 0.29) is 0 Å². The third kappa shape index (κ3) is 3.04. The van der Waals surface area contributed by atoms with Gasteiger partial charge >= 0.3 is 0 Å². The largest absolute Gasteiger partial charge is 0.203 e. The molecule has 0 amide bonds. The molecule has 1 aliphatic rings. The first-order chi connectivity index (χ1) is 11.2. The molecule has 1 aliphatic carbocycles. The zero-order valence-electron chi connectivity index (χ0n) is 14.0. The smallest absolute Gasteiger partial charge is 0.167 e. The van der Waals surface area contributed by atoms with Gasteiger partial charge in [0.15, 0.2) is 11.6 Å². The van der Waals surface area contributed by atoms with Gasteiger partial charge < -0.3 is 0 Å². The van der Waals surface area contributed by atoms with Crippen LogP contribution in [-0.2, 0) is 19.3 Å². The standard InChI is InChI=1S/C21H24F2/c1-3-5-6-8-14-9-10-18-16(11-14)13-17-12-15(7-4-2)20(22)21(23)19(17)18/h9-12H,3-8,13H2,1-2H3. The fourth-order valence-corrected chi connectivity index (χ4v) is 3.60. The van der Waals surface area contributed by atoms with Crippen molar-refractivity contribution in [3.05, 3.63) is 58.2 Å². The number of benzene rings is 2. The Hall–Kier alpha value is -1.70. The molecule has 122 valence electrons. The summed E-state index contributed by atoms with van der Waals surface area (Å²) in [6.45, 7) is 4.19. The van der Waals surface area contributed by atoms with Gasteiger partial charge in [-0.1, -0.05) is 57.4 Å². The van der Waals surface area contributed by atoms with E-state index in [1.54, 1.807) is 0 Å². The molecule has 0 N–H and O–H groups in total. The Morgan fingerprint density at radius 3 is 2.43 bits per heavy atom. The molecule has 2 aromatic carbocycles. The van der Waals surface area contributed by atoms with Crippen LogP contribution in [-0.4, -0.2) is 0 Å². The maximum Gasteiger partial charge on any atom is 0.167 e. The molecule has 0 fully saturated rings. The summed E-state index contributed by atoms with van der Waals surface area (Å²) in [6, 6.07) is 8.10. The van der Waals surface area contributed by atoms with Crippen molar-refractivity contribution < 1.29 is 8.78 Å². The summed E-state index contributed by atoms with van der Waals surface area (Å²) >= 11 is 0. The highest BCUT2D eigenvalue weighted by Gasteiger charge is 2.26. The lowest BCUT2D eigenvalue weighted by molar-refractivity contribution is 0.500. The van der Waals surface area contributed by atoms with Gasteiger partial charge in [-0.15, -0.1) is 0 Å². The molecule has 0 atom stereocenters. The van der Waals surface area contributed by atoms with Crippen molar-refractivity contribution >= 4 is 0 Å². The van der Waals surface area contributed by atoms with Gasteiger partial charge in [-0.05, 0) is 53.5 Å². The van der Waals surface area contributed by atoms with Gasteiger partial charge in [0.2, 0.25) is 0 Å². The van der Waals surface area contributed by atoms with Crippen molar-refractivity contribution in [1.82, 2.24) is 0 Å². The first-order valence-electron chi connectivity index (χ1n) is 8.77. The van der Waals surface area contributed by atoms with E-state index in [9.17, 15) is 8.78 Å². The Labute approximate surface area is 137 Å². The van der Waals surface area contributed by atoms with Gasteiger partial charge in [-0.25, -0.2) is 8.78 Å². The minimum absolute atomic E-state index is 0.484. The molecule has 0 aromatic heterocycles. The van der Waals surface area contributed by atoms with E-state index in [1.165, 1.54) is 24.8 Å². The van der Waals surface area contributed by atoms with Crippen LogP contribution in [0.1, 0.15) is 61.8 Å². The summed E-state index contributed by atoms with van der Waals surface area (Å²) < 4.78 is 28.8. The Morgan fingerprint density at radius 2 is 1.70 bits per heavy atom. The van der Waals surface area contributed by atoms with Gasteiger partial charge in [0, 0.05) is 5.56 Å². The average Bonchev–Trinajstić information content (AvgIpc) is 2.90. The minimum atomic E-state index is -0.663. The second kappa shape index (κ2) is 6.82. The van der Waals surface area contributed by atoms with Crippen LogP contribution in [0.5, 0.6) is 0 Å². The quantitative estimate of drug-likeness (QED) is 0.474. The molecule has 2 aromatic rings. The lowest BCUT2D eigenvalue weighted by Crippen LogP contribution is -1.98. The van der Waals surface area contributed by atoms with E-state index in [1.807, 2.05) is 19.1 Å². The molecule has 0 spiro atoms. The Kier molecular flexibility index (Phi) is 4.79. The number of aryl methyl sites for hydroxylation is 2. The molecule has 0 radical (unpaired) electrons. The summed E-state index contributed by atoms with van der Waals surface area (Å²) in [5.41, 5.74) is 5.25. The summed E-state index contributed by atoms with van der Waals surface area (Å²) in [5.74, 6) is -1.33. The highest BCUT2D eigenvalue weighted by atomic mass is 19.2. The van der Waals surface area contributed by atoms with Crippen molar-refractivity contribution in [3.8, 4) is 11.1 Å². The topological polar surface area (TPSA) is 0 Å². The summed E-state index contributed by atoms with van der Waals surface area (Å²) in [6.07, 6.45) is 6.83. The Bertz CT molecular complexity index is 716. The first-order valence-corrected chi connectivity index (χ1v) is 8.77. The highest BCUT2D eigenvalue weighted by Crippen LogP contribution is 2.40. The number of fused-ring (bicyclic) bond motifs is 3. The van der Waals surface area contributed by atoms with Gasteiger partial charge in [-0.2, -0.15) is 0 Å². The second-order valence-corrected chi connectivity index (χ2v) is 6.57. The number of halogens is 2. The molecule has 0 unspecified atom stereocenters. The Balaban J connectivity index is 1.94. The predicted octanol–water partition coefficient (Wildman–Crippen LogP) is 6.22. The van der Waals surface area contributed by atoms with Crippen molar-refractivity contribution in [3.63, 3.8) is 0 Å². The van der Waals surface area contributed by atoms with E-state index >= 15 is 0 Å². The summed E-state index contributed by atoms with van der Waals surface area (Å²) in [7, 11) is 0. The van der Waals surface area contributed by atoms with Gasteiger partial charge in [0.05, 0.1) is 0 Å². The minimum Gasteiger partial charge on any atom is -0.203 e. The average molecular weight is 314 g/mol. The first kappa shape index (κ1) is 16.2. The normalized spacial score (nSPS) is 12.3. The van der Waals surface area contributed by atoms with Crippen molar-refractivity contribution in [2.24, 2.45) is 0 Å². The Morgan fingerprint density at radius 1 is 0.870 bits per heavy atom. The molecular weight excluding hydrogens is 290 g/mol. The van der Waals surface area contributed by atoms with Crippen LogP contribution in [0.3, 0.4) is 0 Å². The molecule has 0 saturated carbocycles. The molecule has 0 heterocycles. The number of hydrogen-bond donors (Lipinski definition) is 0. The molecule has 0 aliphatic heterocycles. The third-order valence-corrected chi connectivity index (χ3v) is 4.77. The van der Waals surface area contributed by atoms with Crippen molar-refractivity contribution in [1.29, 1.82) is 0 Å². The molecule has 2 heteroatoms. The molecular formula is C21H24F2. The van der Waals surface area contributed by atoms with Crippen LogP contribution in [0.25, 0.3) is 11.1 Å². The van der Waals surface area contributed by atoms with E-state index in [4.69, 9.17) is 0 Å². The van der Waals surface area contributed by atoms with Gasteiger partial charge in [0.1, 0.15) is 0 Å². The maximum absolute atomic E-state index is 14.5. The molecule has 23 heavy (non-hydrogen) atoms. The third-order valence-electron chi connectivity index (χ3n) is 4.77. The van der Waals surface area contributed by atoms with Crippen LogP contribution < -0.4 is 0 Å². The van der Waals surface area contributed by atoms with Crippen LogP contribution >= 0.6 is 0 Å². The molecule has 0 saturated heterocycles. The van der Waals surface area contributed by atoms with E-state index in [2.05, 4.69) is 19.1 Å². The summed E-state index contributed by atoms with van der Waals surface area (Å²) in [5, 5.41) is 0. The predicted molar refractivity (Wildman–Crippen MR) is 91.8 cm³/mol. The highest BCUT2D eigenvalue weighted by molar-refractivity contribution is 5.78. The fourth-order valence-electron chi connectivity index (χ4n) is 3.60. The van der Waals surface area contributed by atoms with E-state index in [0.717, 1.165) is 36.0 Å². The van der Waals surface area contributed by atoms with Crippen LogP contribution in [0.4, 0.5) is 8.78 Å². The van der Waals surface area contributed by atoms with Gasteiger partial charge in [0.25, 0.3) is 0 Å². The zero-order valence-corrected chi connectivity index (χ0v) is 14.0. The maximum atomic E-state index is 14.5. The number of rotatable bonds is 6. The van der Waals surface area contributed by atoms with Crippen LogP contribution in [0.15, 0.2) is 24.3 Å². The fraction of sp³-hybridized carbons (Fsp3) is 0.429. The summed E-state index contributed by atoms with van der Waals surface area (Å²) in [4.78, 5) is 0. The molecule has 3 rings (SSSR count). The number of hydrogen-bond acceptors (Lipinski definition) is 0. The number of unbranched alkanes of at least 4 members (excludes halogenated alkanes) is 2. The van der Waals surface area contributed by atoms with Gasteiger partial charge in [-0.3, -0.25) is 0 Å². The lowest BCUT2D eigenvalue weighted by Gasteiger charge is -2.09. The van der Waals surface area contributed by atoms with Crippen molar-refractivity contribution in [2.45, 2.75) is 58.8 Å². The van der Waals surface area contributed by atoms with Crippen molar-refractivity contribution in [2.75, 3.05) is 0 Å². The van der Waals surface area contributed by atoms with E-state index < -0.39 is 11.6 Å². The SMILES string of the molecule is CCCCCc1ccc2c(c1)Cc1cc(CCC)c(F)c(F)c1-2. The lowest BCUT2D eigenvalue weighted by atomic mass is 9.98.